The Kier molecular flexibility index (Phi) is 11.0. The number of halogens is 1. The maximum Gasteiger partial charge on any atom is 0.270 e. The van der Waals surface area contributed by atoms with Gasteiger partial charge in [0.05, 0.1) is 5.69 Å². The summed E-state index contributed by atoms with van der Waals surface area (Å²) in [7, 11) is -1.21. The van der Waals surface area contributed by atoms with Crippen LogP contribution < -0.4 is 10.6 Å². The third-order valence-corrected chi connectivity index (χ3v) is 11.3. The molecule has 3 aromatic heterocycles. The van der Waals surface area contributed by atoms with Gasteiger partial charge >= 0.3 is 0 Å². The summed E-state index contributed by atoms with van der Waals surface area (Å²) >= 11 is 1.75. The van der Waals surface area contributed by atoms with Gasteiger partial charge < -0.3 is 15.4 Å². The van der Waals surface area contributed by atoms with Crippen molar-refractivity contribution in [3.05, 3.63) is 47.4 Å². The number of nitrogens with zero attached hydrogens (tertiary/aromatic N) is 5. The molecule has 13 heteroatoms. The zero-order valence-corrected chi connectivity index (χ0v) is 29.8. The van der Waals surface area contributed by atoms with Crippen LogP contribution in [-0.4, -0.2) is 69.1 Å². The maximum atomic E-state index is 15.6. The highest BCUT2D eigenvalue weighted by Crippen LogP contribution is 2.51. The minimum Gasteiger partial charge on any atom is -0.360 e. The van der Waals surface area contributed by atoms with Crippen LogP contribution in [0.2, 0.25) is 25.7 Å². The number of hydrogen-bond acceptors (Lipinski definition) is 7. The quantitative estimate of drug-likeness (QED) is 0.101. The molecular formula is C33H48FN7O3SSi. The number of rotatable bonds is 17. The van der Waals surface area contributed by atoms with Crippen molar-refractivity contribution in [1.29, 1.82) is 0 Å². The summed E-state index contributed by atoms with van der Waals surface area (Å²) in [5, 5.41) is 14.8. The van der Waals surface area contributed by atoms with Crippen LogP contribution in [0.4, 0.5) is 10.2 Å². The molecule has 1 atom stereocenters. The van der Waals surface area contributed by atoms with Crippen molar-refractivity contribution in [3.63, 3.8) is 0 Å². The third kappa shape index (κ3) is 8.65. The number of anilines is 1. The number of aromatic nitrogens is 5. The van der Waals surface area contributed by atoms with Gasteiger partial charge in [-0.05, 0) is 100.0 Å². The number of pyridine rings is 1. The van der Waals surface area contributed by atoms with Crippen molar-refractivity contribution in [1.82, 2.24) is 29.9 Å². The molecule has 250 valence electrons. The number of amides is 2. The Morgan fingerprint density at radius 1 is 1.11 bits per heavy atom. The Labute approximate surface area is 276 Å². The average Bonchev–Trinajstić information content (AvgIpc) is 3.93. The first kappa shape index (κ1) is 34.3. The second kappa shape index (κ2) is 14.8. The van der Waals surface area contributed by atoms with Crippen molar-refractivity contribution < 1.29 is 18.7 Å². The second-order valence-electron chi connectivity index (χ2n) is 13.9. The molecule has 5 rings (SSSR count). The molecule has 46 heavy (non-hydrogen) atoms. The summed E-state index contributed by atoms with van der Waals surface area (Å²) in [5.41, 5.74) is 2.88. The molecule has 0 unspecified atom stereocenters. The van der Waals surface area contributed by atoms with Crippen molar-refractivity contribution in [2.24, 2.45) is 17.8 Å². The molecule has 3 aromatic rings. The topological polar surface area (TPSA) is 116 Å². The predicted molar refractivity (Wildman–Crippen MR) is 183 cm³/mol. The molecule has 2 saturated carbocycles. The van der Waals surface area contributed by atoms with Gasteiger partial charge in [-0.1, -0.05) is 19.6 Å². The number of hydrogen-bond donors (Lipinski definition) is 2. The van der Waals surface area contributed by atoms with Crippen LogP contribution in [0.15, 0.2) is 24.4 Å². The van der Waals surface area contributed by atoms with E-state index in [-0.39, 0.29) is 23.6 Å². The lowest BCUT2D eigenvalue weighted by molar-refractivity contribution is -0.119. The smallest absolute Gasteiger partial charge is 0.270 e. The fourth-order valence-corrected chi connectivity index (χ4v) is 7.32. The molecular weight excluding hydrogens is 622 g/mol. The molecule has 3 heterocycles. The molecule has 2 aliphatic rings. The number of nitrogens with one attached hydrogen (secondary N) is 2. The Balaban J connectivity index is 1.30. The largest absolute Gasteiger partial charge is 0.360 e. The number of ether oxygens (including phenoxy) is 1. The first-order valence-electron chi connectivity index (χ1n) is 16.4. The van der Waals surface area contributed by atoms with Crippen molar-refractivity contribution in [2.45, 2.75) is 91.0 Å². The highest BCUT2D eigenvalue weighted by Gasteiger charge is 2.48. The molecule has 10 nitrogen and oxygen atoms in total. The molecule has 2 amide bonds. The number of aryl methyl sites for hydroxylation is 2. The van der Waals surface area contributed by atoms with E-state index in [4.69, 9.17) is 4.74 Å². The predicted octanol–water partition coefficient (Wildman–Crippen LogP) is 6.14. The standard InChI is InChI=1S/C33H48FN7O3SSi/c1-21-28(22(2)41(39-21)20-44-17-19-46(4,5)6)25-12-13-27(36-31(25)34)37-33(43)30(29(23-8-9-23)24-10-11-24)38-32(42)26-14-15-35-40(26)16-7-18-45-3/h12-15,23-24,29-30H,7-11,16-20H2,1-6H3,(H,38,42)(H,36,37,43)/t30-/m0/s1. The van der Waals surface area contributed by atoms with Gasteiger partial charge in [0.2, 0.25) is 11.9 Å². The van der Waals surface area contributed by atoms with E-state index in [9.17, 15) is 9.59 Å². The van der Waals surface area contributed by atoms with Crippen molar-refractivity contribution in [3.8, 4) is 11.1 Å². The summed E-state index contributed by atoms with van der Waals surface area (Å²) in [6.45, 7) is 12.2. The van der Waals surface area contributed by atoms with E-state index < -0.39 is 20.1 Å². The Morgan fingerprint density at radius 2 is 1.83 bits per heavy atom. The van der Waals surface area contributed by atoms with Crippen molar-refractivity contribution in [2.75, 3.05) is 23.9 Å². The number of carbonyl (C=O) groups excluding carboxylic acids is 2. The fourth-order valence-electron chi connectivity index (χ4n) is 6.14. The van der Waals surface area contributed by atoms with Crippen LogP contribution in [0.5, 0.6) is 0 Å². The van der Waals surface area contributed by atoms with Crippen LogP contribution in [0.1, 0.15) is 54.0 Å². The molecule has 2 fully saturated rings. The minimum atomic E-state index is -1.21. The van der Waals surface area contributed by atoms with Gasteiger partial charge in [0, 0.05) is 44.2 Å². The van der Waals surface area contributed by atoms with E-state index >= 15 is 4.39 Å². The molecule has 0 aliphatic heterocycles. The van der Waals surface area contributed by atoms with E-state index in [1.165, 1.54) is 0 Å². The average molecular weight is 670 g/mol. The summed E-state index contributed by atoms with van der Waals surface area (Å²) < 4.78 is 24.9. The van der Waals surface area contributed by atoms with E-state index in [0.29, 0.717) is 54.2 Å². The van der Waals surface area contributed by atoms with Crippen LogP contribution in [-0.2, 0) is 22.8 Å². The van der Waals surface area contributed by atoms with Gasteiger partial charge in [-0.3, -0.25) is 14.3 Å². The Hall–Kier alpha value is -3.03. The van der Waals surface area contributed by atoms with Crippen LogP contribution >= 0.6 is 11.8 Å². The minimum absolute atomic E-state index is 0.0324. The SMILES string of the molecule is CSCCCn1nccc1C(=O)N[C@H](C(=O)Nc1ccc(-c2c(C)nn(COCC[Si](C)(C)C)c2C)c(F)n1)C(C1CC1)C1CC1. The van der Waals surface area contributed by atoms with Gasteiger partial charge in [-0.25, -0.2) is 9.67 Å². The molecule has 2 aliphatic carbocycles. The van der Waals surface area contributed by atoms with E-state index in [2.05, 4.69) is 45.5 Å². The van der Waals surface area contributed by atoms with Gasteiger partial charge in [-0.2, -0.15) is 26.3 Å². The highest BCUT2D eigenvalue weighted by atomic mass is 32.2. The van der Waals surface area contributed by atoms with Crippen molar-refractivity contribution >= 4 is 37.5 Å². The van der Waals surface area contributed by atoms with Crippen LogP contribution in [0.3, 0.4) is 0 Å². The zero-order chi connectivity index (χ0) is 33.0. The first-order chi connectivity index (χ1) is 22.0. The van der Waals surface area contributed by atoms with Gasteiger partial charge in [0.25, 0.3) is 5.91 Å². The molecule has 2 N–H and O–H groups in total. The van der Waals surface area contributed by atoms with Gasteiger partial charge in [0.1, 0.15) is 24.3 Å². The van der Waals surface area contributed by atoms with E-state index in [1.54, 1.807) is 45.5 Å². The maximum absolute atomic E-state index is 15.6. The lowest BCUT2D eigenvalue weighted by Crippen LogP contribution is -2.50. The first-order valence-corrected chi connectivity index (χ1v) is 21.5. The third-order valence-electron chi connectivity index (χ3n) is 8.91. The molecule has 0 aromatic carbocycles. The lowest BCUT2D eigenvalue weighted by Gasteiger charge is -2.27. The Bertz CT molecular complexity index is 1520. The van der Waals surface area contributed by atoms with Gasteiger partial charge in [0.15, 0.2) is 0 Å². The van der Waals surface area contributed by atoms with Gasteiger partial charge in [-0.15, -0.1) is 0 Å². The lowest BCUT2D eigenvalue weighted by atomic mass is 9.88. The van der Waals surface area contributed by atoms with Crippen LogP contribution in [0, 0.1) is 37.5 Å². The highest BCUT2D eigenvalue weighted by molar-refractivity contribution is 7.98. The Morgan fingerprint density at radius 3 is 2.46 bits per heavy atom. The molecule has 0 saturated heterocycles. The van der Waals surface area contributed by atoms with E-state index in [0.717, 1.165) is 49.6 Å². The zero-order valence-electron chi connectivity index (χ0n) is 27.9. The van der Waals surface area contributed by atoms with Crippen LogP contribution in [0.25, 0.3) is 11.1 Å². The van der Waals surface area contributed by atoms with E-state index in [1.807, 2.05) is 20.1 Å². The monoisotopic (exact) mass is 669 g/mol. The summed E-state index contributed by atoms with van der Waals surface area (Å²) in [6.07, 6.45) is 8.74. The number of carbonyl (C=O) groups is 2. The molecule has 0 radical (unpaired) electrons. The summed E-state index contributed by atoms with van der Waals surface area (Å²) in [6, 6.07) is 5.23. The fraction of sp³-hybridized carbons (Fsp3) is 0.606. The normalized spacial score (nSPS) is 15.7. The summed E-state index contributed by atoms with van der Waals surface area (Å²) in [5.74, 6) is 0.498. The molecule has 0 spiro atoms. The molecule has 0 bridgehead atoms. The second-order valence-corrected chi connectivity index (χ2v) is 20.5. The number of thioether (sulfide) groups is 1. The summed E-state index contributed by atoms with van der Waals surface area (Å²) in [4.78, 5) is 31.5.